The van der Waals surface area contributed by atoms with Crippen molar-refractivity contribution in [2.24, 2.45) is 5.92 Å². The first-order valence-electron chi connectivity index (χ1n) is 9.19. The predicted octanol–water partition coefficient (Wildman–Crippen LogP) is 4.13. The number of rotatable bonds is 5. The SMILES string of the molecule is CC(C)Cn1cc(-c2cn(-c3ccc(OC(F)(F)F)cc3)c(=O)c3[nH]cnc23)cn1. The van der Waals surface area contributed by atoms with Gasteiger partial charge < -0.3 is 9.72 Å². The molecule has 0 bridgehead atoms. The Morgan fingerprint density at radius 3 is 2.57 bits per heavy atom. The molecule has 0 saturated heterocycles. The molecule has 0 amide bonds. The number of alkyl halides is 3. The van der Waals surface area contributed by atoms with Crippen molar-refractivity contribution < 1.29 is 17.9 Å². The molecule has 4 aromatic rings. The Hall–Kier alpha value is -3.56. The number of aromatic nitrogens is 5. The van der Waals surface area contributed by atoms with Crippen LogP contribution in [0.4, 0.5) is 13.2 Å². The van der Waals surface area contributed by atoms with Gasteiger partial charge >= 0.3 is 6.36 Å². The summed E-state index contributed by atoms with van der Waals surface area (Å²) < 4.78 is 44.2. The Labute approximate surface area is 168 Å². The number of hydrogen-bond donors (Lipinski definition) is 1. The largest absolute Gasteiger partial charge is 0.573 e. The van der Waals surface area contributed by atoms with Gasteiger partial charge in [0.05, 0.1) is 12.5 Å². The summed E-state index contributed by atoms with van der Waals surface area (Å²) in [6.45, 7) is 4.91. The summed E-state index contributed by atoms with van der Waals surface area (Å²) in [6.07, 6.45) is 1.83. The molecule has 1 N–H and O–H groups in total. The van der Waals surface area contributed by atoms with Crippen LogP contribution < -0.4 is 10.3 Å². The van der Waals surface area contributed by atoms with Crippen LogP contribution in [0, 0.1) is 5.92 Å². The van der Waals surface area contributed by atoms with Gasteiger partial charge in [-0.1, -0.05) is 13.8 Å². The molecule has 0 radical (unpaired) electrons. The van der Waals surface area contributed by atoms with Gasteiger partial charge in [-0.2, -0.15) is 5.10 Å². The number of ether oxygens (including phenoxy) is 1. The van der Waals surface area contributed by atoms with E-state index in [2.05, 4.69) is 33.7 Å². The van der Waals surface area contributed by atoms with Gasteiger partial charge in [-0.3, -0.25) is 14.0 Å². The van der Waals surface area contributed by atoms with Gasteiger partial charge in [0.1, 0.15) is 16.8 Å². The van der Waals surface area contributed by atoms with Crippen molar-refractivity contribution >= 4 is 11.0 Å². The van der Waals surface area contributed by atoms with Crippen molar-refractivity contribution in [3.05, 3.63) is 59.5 Å². The summed E-state index contributed by atoms with van der Waals surface area (Å²) in [5.41, 5.74) is 2.26. The highest BCUT2D eigenvalue weighted by Crippen LogP contribution is 2.27. The second-order valence-corrected chi connectivity index (χ2v) is 7.23. The Bertz CT molecular complexity index is 1240. The zero-order chi connectivity index (χ0) is 21.5. The number of nitrogens with one attached hydrogen (secondary N) is 1. The van der Waals surface area contributed by atoms with Crippen LogP contribution in [0.25, 0.3) is 27.8 Å². The van der Waals surface area contributed by atoms with Crippen LogP contribution in [0.2, 0.25) is 0 Å². The maximum Gasteiger partial charge on any atom is 0.573 e. The van der Waals surface area contributed by atoms with Crippen molar-refractivity contribution in [2.75, 3.05) is 0 Å². The minimum atomic E-state index is -4.78. The quantitative estimate of drug-likeness (QED) is 0.530. The molecule has 7 nitrogen and oxygen atoms in total. The van der Waals surface area contributed by atoms with Crippen molar-refractivity contribution in [1.82, 2.24) is 24.3 Å². The highest BCUT2D eigenvalue weighted by molar-refractivity contribution is 5.90. The molecule has 4 rings (SSSR count). The summed E-state index contributed by atoms with van der Waals surface area (Å²) in [6, 6.07) is 5.09. The topological polar surface area (TPSA) is 77.7 Å². The molecule has 0 aliphatic carbocycles. The third kappa shape index (κ3) is 3.93. The van der Waals surface area contributed by atoms with E-state index in [-0.39, 0.29) is 11.3 Å². The summed E-state index contributed by atoms with van der Waals surface area (Å²) in [5.74, 6) is 0.0478. The Morgan fingerprint density at radius 1 is 1.17 bits per heavy atom. The minimum Gasteiger partial charge on any atom is -0.406 e. The summed E-state index contributed by atoms with van der Waals surface area (Å²) >= 11 is 0. The third-order valence-corrected chi connectivity index (χ3v) is 4.43. The van der Waals surface area contributed by atoms with E-state index in [9.17, 15) is 18.0 Å². The smallest absolute Gasteiger partial charge is 0.406 e. The van der Waals surface area contributed by atoms with Crippen LogP contribution in [0.1, 0.15) is 13.8 Å². The number of pyridine rings is 1. The molecule has 3 heterocycles. The standard InChI is InChI=1S/C20H18F3N5O2/c1-12(2)8-27-9-13(7-26-27)16-10-28(19(29)18-17(16)24-11-25-18)14-3-5-15(6-4-14)30-20(21,22)23/h3-7,9-12H,8H2,1-2H3,(H,24,25). The molecule has 1 aromatic carbocycles. The second-order valence-electron chi connectivity index (χ2n) is 7.23. The average Bonchev–Trinajstić information content (AvgIpc) is 3.31. The summed E-state index contributed by atoms with van der Waals surface area (Å²) in [4.78, 5) is 20.0. The van der Waals surface area contributed by atoms with Crippen LogP contribution in [0.3, 0.4) is 0 Å². The van der Waals surface area contributed by atoms with Gasteiger partial charge in [0, 0.05) is 35.8 Å². The zero-order valence-corrected chi connectivity index (χ0v) is 16.1. The highest BCUT2D eigenvalue weighted by atomic mass is 19.4. The van der Waals surface area contributed by atoms with Crippen LogP contribution in [-0.4, -0.2) is 30.7 Å². The predicted molar refractivity (Wildman–Crippen MR) is 104 cm³/mol. The molecule has 0 spiro atoms. The molecule has 0 fully saturated rings. The molecular weight excluding hydrogens is 399 g/mol. The van der Waals surface area contributed by atoms with E-state index in [4.69, 9.17) is 0 Å². The van der Waals surface area contributed by atoms with E-state index in [1.165, 1.54) is 23.0 Å². The van der Waals surface area contributed by atoms with Crippen molar-refractivity contribution in [3.63, 3.8) is 0 Å². The number of nitrogens with zero attached hydrogens (tertiary/aromatic N) is 4. The first-order chi connectivity index (χ1) is 14.2. The fourth-order valence-corrected chi connectivity index (χ4v) is 3.22. The monoisotopic (exact) mass is 417 g/mol. The Morgan fingerprint density at radius 2 is 1.90 bits per heavy atom. The number of hydrogen-bond acceptors (Lipinski definition) is 4. The van der Waals surface area contributed by atoms with Crippen molar-refractivity contribution in [1.29, 1.82) is 0 Å². The molecule has 3 aromatic heterocycles. The lowest BCUT2D eigenvalue weighted by atomic mass is 10.1. The molecule has 0 unspecified atom stereocenters. The first-order valence-corrected chi connectivity index (χ1v) is 9.19. The van der Waals surface area contributed by atoms with Gasteiger partial charge in [-0.25, -0.2) is 4.98 Å². The van der Waals surface area contributed by atoms with Crippen LogP contribution >= 0.6 is 0 Å². The fourth-order valence-electron chi connectivity index (χ4n) is 3.22. The number of aromatic amines is 1. The number of benzene rings is 1. The van der Waals surface area contributed by atoms with E-state index >= 15 is 0 Å². The Kier molecular flexibility index (Phi) is 4.84. The summed E-state index contributed by atoms with van der Waals surface area (Å²) in [5, 5.41) is 4.36. The maximum atomic E-state index is 12.9. The molecule has 156 valence electrons. The van der Waals surface area contributed by atoms with Gasteiger partial charge in [0.2, 0.25) is 0 Å². The van der Waals surface area contributed by atoms with Gasteiger partial charge in [0.25, 0.3) is 5.56 Å². The summed E-state index contributed by atoms with van der Waals surface area (Å²) in [7, 11) is 0. The van der Waals surface area contributed by atoms with Gasteiger partial charge in [0.15, 0.2) is 0 Å². The molecule has 0 aliphatic rings. The molecule has 10 heteroatoms. The van der Waals surface area contributed by atoms with Crippen LogP contribution in [-0.2, 0) is 6.54 Å². The number of imidazole rings is 1. The van der Waals surface area contributed by atoms with Crippen LogP contribution in [0.15, 0.2) is 54.0 Å². The fraction of sp³-hybridized carbons (Fsp3) is 0.250. The van der Waals surface area contributed by atoms with Crippen LogP contribution in [0.5, 0.6) is 5.75 Å². The number of halogens is 3. The first kappa shape index (κ1) is 19.7. The lowest BCUT2D eigenvalue weighted by molar-refractivity contribution is -0.274. The van der Waals surface area contributed by atoms with Crippen molar-refractivity contribution in [3.8, 4) is 22.6 Å². The molecule has 0 aliphatic heterocycles. The van der Waals surface area contributed by atoms with E-state index < -0.39 is 6.36 Å². The normalized spacial score (nSPS) is 12.1. The molecular formula is C20H18F3N5O2. The lowest BCUT2D eigenvalue weighted by Gasteiger charge is -2.11. The average molecular weight is 417 g/mol. The van der Waals surface area contributed by atoms with E-state index in [1.54, 1.807) is 12.4 Å². The Balaban J connectivity index is 1.79. The van der Waals surface area contributed by atoms with Gasteiger partial charge in [-0.15, -0.1) is 13.2 Å². The number of H-pyrrole nitrogens is 1. The minimum absolute atomic E-state index is 0.291. The molecule has 0 atom stereocenters. The van der Waals surface area contributed by atoms with E-state index in [0.29, 0.717) is 28.2 Å². The third-order valence-electron chi connectivity index (χ3n) is 4.43. The van der Waals surface area contributed by atoms with E-state index in [0.717, 1.165) is 24.2 Å². The van der Waals surface area contributed by atoms with Crippen molar-refractivity contribution in [2.45, 2.75) is 26.8 Å². The molecule has 30 heavy (non-hydrogen) atoms. The highest BCUT2D eigenvalue weighted by Gasteiger charge is 2.31. The van der Waals surface area contributed by atoms with Gasteiger partial charge in [-0.05, 0) is 30.2 Å². The zero-order valence-electron chi connectivity index (χ0n) is 16.1. The number of fused-ring (bicyclic) bond motifs is 1. The lowest BCUT2D eigenvalue weighted by Crippen LogP contribution is -2.19. The van der Waals surface area contributed by atoms with E-state index in [1.807, 2.05) is 10.9 Å². The molecule has 0 saturated carbocycles. The second kappa shape index (κ2) is 7.36. The maximum absolute atomic E-state index is 12.9.